The number of aliphatic hydroxyl groups is 1. The molecular weight excluding hydrogens is 334 g/mol. The Morgan fingerprint density at radius 2 is 1.77 bits per heavy atom. The highest BCUT2D eigenvalue weighted by Crippen LogP contribution is 2.08. The third kappa shape index (κ3) is 15.8. The third-order valence-corrected chi connectivity index (χ3v) is 3.61. The van der Waals surface area contributed by atoms with Crippen molar-refractivity contribution < 1.29 is 29.0 Å². The number of quaternary nitrogens is 1. The van der Waals surface area contributed by atoms with Crippen LogP contribution < -0.4 is 5.11 Å². The number of carboxylic acid groups (broad SMARTS) is 1. The van der Waals surface area contributed by atoms with E-state index >= 15 is 0 Å². The quantitative estimate of drug-likeness (QED) is 0.217. The summed E-state index contributed by atoms with van der Waals surface area (Å²) >= 11 is 0. The number of ether oxygens (including phenoxy) is 1. The topological polar surface area (TPSA) is 86.7 Å². The van der Waals surface area contributed by atoms with E-state index in [2.05, 4.69) is 13.0 Å². The monoisotopic (exact) mass is 369 g/mol. The van der Waals surface area contributed by atoms with Crippen molar-refractivity contribution in [1.82, 2.24) is 0 Å². The maximum absolute atomic E-state index is 11.9. The number of allylic oxidation sites excluding steroid dienone is 3. The first-order valence-electron chi connectivity index (χ1n) is 9.33. The largest absolute Gasteiger partial charge is 0.550 e. The van der Waals surface area contributed by atoms with Crippen LogP contribution in [-0.2, 0) is 14.3 Å². The zero-order chi connectivity index (χ0) is 20.0. The lowest BCUT2D eigenvalue weighted by molar-refractivity contribution is -0.873. The van der Waals surface area contributed by atoms with Gasteiger partial charge in [0, 0.05) is 12.4 Å². The van der Waals surface area contributed by atoms with E-state index in [1.165, 1.54) is 19.3 Å². The second-order valence-corrected chi connectivity index (χ2v) is 7.61. The zero-order valence-electron chi connectivity index (χ0n) is 16.6. The fraction of sp³-hybridized carbons (Fsp3) is 0.700. The molecule has 0 saturated heterocycles. The van der Waals surface area contributed by atoms with Gasteiger partial charge in [-0.1, -0.05) is 44.1 Å². The molecule has 150 valence electrons. The Kier molecular flexibility index (Phi) is 12.7. The summed E-state index contributed by atoms with van der Waals surface area (Å²) in [5, 5.41) is 20.7. The third-order valence-electron chi connectivity index (χ3n) is 3.61. The summed E-state index contributed by atoms with van der Waals surface area (Å²) < 4.78 is 5.68. The molecule has 0 heterocycles. The number of rotatable bonds is 14. The summed E-state index contributed by atoms with van der Waals surface area (Å²) in [5.74, 6) is -1.86. The van der Waals surface area contributed by atoms with Crippen LogP contribution >= 0.6 is 0 Å². The van der Waals surface area contributed by atoms with E-state index in [0.717, 1.165) is 6.42 Å². The molecule has 0 aromatic carbocycles. The van der Waals surface area contributed by atoms with E-state index in [0.29, 0.717) is 17.4 Å². The molecule has 0 aliphatic heterocycles. The number of aliphatic carboxylic acids is 1. The van der Waals surface area contributed by atoms with Gasteiger partial charge in [-0.25, -0.2) is 0 Å². The van der Waals surface area contributed by atoms with Gasteiger partial charge in [-0.3, -0.25) is 4.79 Å². The van der Waals surface area contributed by atoms with Crippen LogP contribution in [0.25, 0.3) is 0 Å². The van der Waals surface area contributed by atoms with Gasteiger partial charge in [-0.2, -0.15) is 0 Å². The summed E-state index contributed by atoms with van der Waals surface area (Å²) in [5.41, 5.74) is 0. The van der Waals surface area contributed by atoms with Crippen LogP contribution in [0, 0.1) is 0 Å². The molecule has 0 amide bonds. The molecule has 0 radical (unpaired) electrons. The Hall–Kier alpha value is -1.66. The summed E-state index contributed by atoms with van der Waals surface area (Å²) in [6, 6.07) is 0. The maximum Gasteiger partial charge on any atom is 0.308 e. The first kappa shape index (κ1) is 24.3. The van der Waals surface area contributed by atoms with Gasteiger partial charge < -0.3 is 24.2 Å². The van der Waals surface area contributed by atoms with Crippen LogP contribution in [0.15, 0.2) is 24.3 Å². The average molecular weight is 370 g/mol. The Morgan fingerprint density at radius 1 is 1.12 bits per heavy atom. The molecular formula is C20H35NO5. The highest BCUT2D eigenvalue weighted by Gasteiger charge is 2.23. The molecule has 2 atom stereocenters. The van der Waals surface area contributed by atoms with Crippen molar-refractivity contribution in [3.05, 3.63) is 24.3 Å². The number of hydrogen-bond donors (Lipinski definition) is 1. The van der Waals surface area contributed by atoms with Crippen LogP contribution in [0.5, 0.6) is 0 Å². The van der Waals surface area contributed by atoms with E-state index in [1.54, 1.807) is 6.08 Å². The van der Waals surface area contributed by atoms with Crippen LogP contribution in [0.1, 0.15) is 51.9 Å². The van der Waals surface area contributed by atoms with Gasteiger partial charge in [-0.05, 0) is 19.3 Å². The lowest BCUT2D eigenvalue weighted by Gasteiger charge is -2.29. The summed E-state index contributed by atoms with van der Waals surface area (Å²) in [4.78, 5) is 22.7. The first-order chi connectivity index (χ1) is 12.1. The van der Waals surface area contributed by atoms with Crippen molar-refractivity contribution in [2.45, 2.75) is 64.1 Å². The Bertz CT molecular complexity index is 465. The zero-order valence-corrected chi connectivity index (χ0v) is 16.6. The minimum absolute atomic E-state index is 0.161. The lowest BCUT2D eigenvalue weighted by Crippen LogP contribution is -2.45. The van der Waals surface area contributed by atoms with Gasteiger partial charge in [0.05, 0.1) is 33.7 Å². The van der Waals surface area contributed by atoms with Gasteiger partial charge in [0.15, 0.2) is 6.10 Å². The van der Waals surface area contributed by atoms with Gasteiger partial charge in [-0.15, -0.1) is 0 Å². The number of carbonyl (C=O) groups excluding carboxylic acids is 2. The number of esters is 1. The number of nitrogens with zero attached hydrogens (tertiary/aromatic N) is 1. The van der Waals surface area contributed by atoms with Crippen LogP contribution in [0.3, 0.4) is 0 Å². The number of carboxylic acids is 1. The summed E-state index contributed by atoms with van der Waals surface area (Å²) in [7, 11) is 5.64. The van der Waals surface area contributed by atoms with E-state index in [-0.39, 0.29) is 12.8 Å². The van der Waals surface area contributed by atoms with Gasteiger partial charge >= 0.3 is 5.97 Å². The second kappa shape index (κ2) is 13.5. The molecule has 0 aliphatic carbocycles. The number of aliphatic hydroxyl groups excluding tert-OH is 1. The summed E-state index contributed by atoms with van der Waals surface area (Å²) in [6.45, 7) is 2.53. The highest BCUT2D eigenvalue weighted by atomic mass is 16.5. The van der Waals surface area contributed by atoms with Gasteiger partial charge in [0.25, 0.3) is 0 Å². The van der Waals surface area contributed by atoms with Gasteiger partial charge in [0.2, 0.25) is 0 Å². The molecule has 0 spiro atoms. The molecule has 0 fully saturated rings. The van der Waals surface area contributed by atoms with Crippen LogP contribution in [-0.4, -0.2) is 61.4 Å². The fourth-order valence-corrected chi connectivity index (χ4v) is 2.45. The molecule has 26 heavy (non-hydrogen) atoms. The predicted molar refractivity (Wildman–Crippen MR) is 100 cm³/mol. The number of unbranched alkanes of at least 4 members (excludes halogenated alkanes) is 3. The van der Waals surface area contributed by atoms with Crippen molar-refractivity contribution in [2.75, 3.05) is 27.7 Å². The fourth-order valence-electron chi connectivity index (χ4n) is 2.45. The first-order valence-corrected chi connectivity index (χ1v) is 9.33. The van der Waals surface area contributed by atoms with Crippen molar-refractivity contribution in [1.29, 1.82) is 0 Å². The van der Waals surface area contributed by atoms with Crippen molar-refractivity contribution >= 4 is 11.9 Å². The van der Waals surface area contributed by atoms with Crippen molar-refractivity contribution in [3.63, 3.8) is 0 Å². The standard InChI is InChI=1S/C20H35NO5/c1-5-6-7-8-9-10-11-12-13-17(22)14-20(25)26-18(15-19(23)24)16-21(2,3)4/h9-12,17-18,22H,5-8,13-16H2,1-4H3/b10-9+,12-11+. The van der Waals surface area contributed by atoms with Gasteiger partial charge in [0.1, 0.15) is 6.54 Å². The minimum Gasteiger partial charge on any atom is -0.550 e. The average Bonchev–Trinajstić information content (AvgIpc) is 2.47. The molecule has 6 nitrogen and oxygen atoms in total. The van der Waals surface area contributed by atoms with E-state index in [1.807, 2.05) is 33.3 Å². The lowest BCUT2D eigenvalue weighted by atomic mass is 10.1. The predicted octanol–water partition coefficient (Wildman–Crippen LogP) is 1.58. The van der Waals surface area contributed by atoms with E-state index < -0.39 is 24.1 Å². The highest BCUT2D eigenvalue weighted by molar-refractivity contribution is 5.71. The van der Waals surface area contributed by atoms with E-state index in [9.17, 15) is 19.8 Å². The Morgan fingerprint density at radius 3 is 2.35 bits per heavy atom. The van der Waals surface area contributed by atoms with Crippen molar-refractivity contribution in [3.8, 4) is 0 Å². The summed E-state index contributed by atoms with van der Waals surface area (Å²) in [6.07, 6.45) is 10.6. The van der Waals surface area contributed by atoms with Crippen LogP contribution in [0.2, 0.25) is 0 Å². The molecule has 0 bridgehead atoms. The number of carbonyl (C=O) groups is 2. The molecule has 1 N–H and O–H groups in total. The normalized spacial score (nSPS) is 14.7. The van der Waals surface area contributed by atoms with E-state index in [4.69, 9.17) is 4.74 Å². The molecule has 0 rings (SSSR count). The molecule has 0 aliphatic rings. The number of hydrogen-bond acceptors (Lipinski definition) is 5. The molecule has 0 saturated carbocycles. The smallest absolute Gasteiger partial charge is 0.308 e. The SMILES string of the molecule is CCCCC/C=C/C=C/CC(O)CC(=O)OC(CC(=O)[O-])C[N+](C)(C)C. The number of likely N-dealkylation sites (N-methyl/N-ethyl adjacent to an activating group) is 1. The molecule has 2 unspecified atom stereocenters. The molecule has 0 aromatic heterocycles. The molecule has 0 aromatic rings. The van der Waals surface area contributed by atoms with Crippen LogP contribution in [0.4, 0.5) is 0 Å². The Balaban J connectivity index is 4.23. The minimum atomic E-state index is -1.26. The second-order valence-electron chi connectivity index (χ2n) is 7.61. The van der Waals surface area contributed by atoms with Crippen molar-refractivity contribution in [2.24, 2.45) is 0 Å². The molecule has 6 heteroatoms. The Labute approximate surface area is 157 Å². The maximum atomic E-state index is 11.9.